The molecule has 0 aliphatic carbocycles. The van der Waals surface area contributed by atoms with Crippen molar-refractivity contribution in [3.8, 4) is 10.8 Å². The van der Waals surface area contributed by atoms with Gasteiger partial charge in [-0.05, 0) is 48.4 Å². The molecule has 0 aromatic carbocycles. The van der Waals surface area contributed by atoms with Crippen molar-refractivity contribution in [2.24, 2.45) is 0 Å². The first-order valence-corrected chi connectivity index (χ1v) is 12.4. The van der Waals surface area contributed by atoms with Gasteiger partial charge < -0.3 is 0 Å². The summed E-state index contributed by atoms with van der Waals surface area (Å²) >= 11 is 0. The Hall–Kier alpha value is -0.320. The van der Waals surface area contributed by atoms with E-state index in [1.54, 1.807) is 0 Å². The van der Waals surface area contributed by atoms with Crippen LogP contribution in [-0.4, -0.2) is 35.5 Å². The summed E-state index contributed by atoms with van der Waals surface area (Å²) < 4.78 is 0. The lowest BCUT2D eigenvalue weighted by molar-refractivity contribution is 0.892. The van der Waals surface area contributed by atoms with Crippen molar-refractivity contribution in [1.82, 2.24) is 0 Å². The van der Waals surface area contributed by atoms with Crippen molar-refractivity contribution in [3.63, 3.8) is 0 Å². The smallest absolute Gasteiger partial charge is 0.113 e. The Kier molecular flexibility index (Phi) is 13.6. The Labute approximate surface area is 130 Å². The number of hydrogen-bond donors (Lipinski definition) is 0. The highest BCUT2D eigenvalue weighted by molar-refractivity contribution is 8.37. The molecule has 20 heavy (non-hydrogen) atoms. The molecule has 0 aliphatic heterocycles. The lowest BCUT2D eigenvalue weighted by Gasteiger charge is -2.24. The highest BCUT2D eigenvalue weighted by Gasteiger charge is 2.13. The molecule has 2 atom stereocenters. The molecule has 0 heterocycles. The molecule has 120 valence electrons. The summed E-state index contributed by atoms with van der Waals surface area (Å²) in [6, 6.07) is 0. The second kappa shape index (κ2) is 12.4. The lowest BCUT2D eigenvalue weighted by Crippen LogP contribution is -2.02. The number of thiocyanates is 2. The molecule has 4 heteroatoms. The molecule has 0 radical (unpaired) electrons. The largest absolute Gasteiger partial charge is 0.187 e. The summed E-state index contributed by atoms with van der Waals surface area (Å²) in [6.45, 7) is 8.59. The zero-order valence-electron chi connectivity index (χ0n) is 14.4. The highest BCUT2D eigenvalue weighted by atomic mass is 32.3. The van der Waals surface area contributed by atoms with E-state index in [2.05, 4.69) is 51.0 Å². The maximum Gasteiger partial charge on any atom is 0.113 e. The second-order valence-electron chi connectivity index (χ2n) is 5.42. The van der Waals surface area contributed by atoms with E-state index in [0.717, 1.165) is 23.0 Å². The first-order chi connectivity index (χ1) is 9.36. The molecule has 0 saturated carbocycles. The zero-order valence-corrected chi connectivity index (χ0v) is 16.0. The molecule has 0 aromatic rings. The maximum atomic E-state index is 8.80. The van der Waals surface area contributed by atoms with Gasteiger partial charge in [0, 0.05) is 0 Å². The summed E-state index contributed by atoms with van der Waals surface area (Å²) in [5.74, 6) is 4.39. The second-order valence-corrected chi connectivity index (χ2v) is 12.9. The standard InChI is InChI=1S/2C8H17NS/c2*1-4-6-7-10(3,5-2)8-9/h2*4-7H2,1-3H3. The van der Waals surface area contributed by atoms with Crippen LogP contribution in [-0.2, 0) is 0 Å². The average Bonchev–Trinajstić information content (AvgIpc) is 2.50. The molecule has 2 unspecified atom stereocenters. The van der Waals surface area contributed by atoms with Gasteiger partial charge in [0.2, 0.25) is 0 Å². The average molecular weight is 319 g/mol. The number of nitrogens with zero attached hydrogens (tertiary/aromatic N) is 2. The third-order valence-electron chi connectivity index (χ3n) is 3.61. The van der Waals surface area contributed by atoms with Gasteiger partial charge in [-0.15, -0.1) is 0 Å². The fourth-order valence-electron chi connectivity index (χ4n) is 1.43. The third-order valence-corrected chi connectivity index (χ3v) is 9.42. The van der Waals surface area contributed by atoms with Crippen molar-refractivity contribution in [1.29, 1.82) is 10.5 Å². The van der Waals surface area contributed by atoms with E-state index in [-0.39, 0.29) is 0 Å². The van der Waals surface area contributed by atoms with Gasteiger partial charge in [0.25, 0.3) is 0 Å². The van der Waals surface area contributed by atoms with Gasteiger partial charge in [-0.1, -0.05) is 40.5 Å². The Bertz CT molecular complexity index is 287. The lowest BCUT2D eigenvalue weighted by atomic mass is 10.4. The number of unbranched alkanes of at least 4 members (excludes halogenated alkanes) is 2. The fraction of sp³-hybridized carbons (Fsp3) is 0.875. The molecule has 0 aliphatic rings. The van der Waals surface area contributed by atoms with Crippen LogP contribution in [0, 0.1) is 21.3 Å². The van der Waals surface area contributed by atoms with E-state index in [0.29, 0.717) is 0 Å². The number of nitriles is 2. The predicted molar refractivity (Wildman–Crippen MR) is 98.9 cm³/mol. The first-order valence-electron chi connectivity index (χ1n) is 7.66. The van der Waals surface area contributed by atoms with Crippen LogP contribution in [0.3, 0.4) is 0 Å². The van der Waals surface area contributed by atoms with E-state index in [1.807, 2.05) is 0 Å². The van der Waals surface area contributed by atoms with Crippen LogP contribution in [0.2, 0.25) is 0 Å². The summed E-state index contributed by atoms with van der Waals surface area (Å²) in [5, 5.41) is 22.5. The van der Waals surface area contributed by atoms with Crippen molar-refractivity contribution in [2.75, 3.05) is 35.5 Å². The molecule has 0 bridgehead atoms. The predicted octanol–water partition coefficient (Wildman–Crippen LogP) is 5.44. The summed E-state index contributed by atoms with van der Waals surface area (Å²) in [6.07, 6.45) is 9.11. The molecule has 0 N–H and O–H groups in total. The van der Waals surface area contributed by atoms with Crippen LogP contribution in [0.1, 0.15) is 53.4 Å². The monoisotopic (exact) mass is 318 g/mol. The SMILES string of the molecule is CCCCS(C)(C#N)CC.CCCCS(C)(C#N)CC. The minimum atomic E-state index is -0.871. The molecule has 0 saturated heterocycles. The van der Waals surface area contributed by atoms with E-state index in [1.165, 1.54) is 25.7 Å². The van der Waals surface area contributed by atoms with Crippen molar-refractivity contribution >= 4 is 20.1 Å². The van der Waals surface area contributed by atoms with Gasteiger partial charge in [0.05, 0.1) is 0 Å². The minimum Gasteiger partial charge on any atom is -0.187 e. The molecule has 0 fully saturated rings. The van der Waals surface area contributed by atoms with Crippen LogP contribution in [0.15, 0.2) is 0 Å². The molecule has 2 nitrogen and oxygen atoms in total. The molecule has 0 spiro atoms. The molecular formula is C16H34N2S2. The normalized spacial score (nSPS) is 19.0. The third kappa shape index (κ3) is 10.5. The Morgan fingerprint density at radius 3 is 1.15 bits per heavy atom. The van der Waals surface area contributed by atoms with Gasteiger partial charge in [-0.2, -0.15) is 30.6 Å². The van der Waals surface area contributed by atoms with E-state index >= 15 is 0 Å². The Morgan fingerprint density at radius 2 is 1.00 bits per heavy atom. The molecular weight excluding hydrogens is 284 g/mol. The van der Waals surface area contributed by atoms with Crippen molar-refractivity contribution < 1.29 is 0 Å². The summed E-state index contributed by atoms with van der Waals surface area (Å²) in [5.41, 5.74) is 0. The molecule has 0 amide bonds. The van der Waals surface area contributed by atoms with Crippen LogP contribution in [0.4, 0.5) is 0 Å². The van der Waals surface area contributed by atoms with Crippen LogP contribution < -0.4 is 0 Å². The van der Waals surface area contributed by atoms with E-state index < -0.39 is 20.1 Å². The van der Waals surface area contributed by atoms with E-state index in [4.69, 9.17) is 10.5 Å². The quantitative estimate of drug-likeness (QED) is 0.559. The molecule has 0 aromatic heterocycles. The first kappa shape index (κ1) is 22.0. The van der Waals surface area contributed by atoms with Gasteiger partial charge in [-0.25, -0.2) is 0 Å². The molecule has 0 rings (SSSR count). The van der Waals surface area contributed by atoms with Crippen molar-refractivity contribution in [3.05, 3.63) is 0 Å². The van der Waals surface area contributed by atoms with Crippen molar-refractivity contribution in [2.45, 2.75) is 53.4 Å². The topological polar surface area (TPSA) is 47.6 Å². The maximum absolute atomic E-state index is 8.80. The van der Waals surface area contributed by atoms with Gasteiger partial charge >= 0.3 is 0 Å². The summed E-state index contributed by atoms with van der Waals surface area (Å²) in [7, 11) is -1.74. The van der Waals surface area contributed by atoms with E-state index in [9.17, 15) is 0 Å². The van der Waals surface area contributed by atoms with Gasteiger partial charge in [0.15, 0.2) is 0 Å². The number of hydrogen-bond acceptors (Lipinski definition) is 2. The summed E-state index contributed by atoms with van der Waals surface area (Å²) in [4.78, 5) is 0. The Balaban J connectivity index is 0. The number of rotatable bonds is 8. The van der Waals surface area contributed by atoms with Gasteiger partial charge in [-0.3, -0.25) is 0 Å². The zero-order chi connectivity index (χ0) is 16.1. The van der Waals surface area contributed by atoms with Crippen LogP contribution in [0.5, 0.6) is 0 Å². The minimum absolute atomic E-state index is 0.871. The van der Waals surface area contributed by atoms with Gasteiger partial charge in [0.1, 0.15) is 10.8 Å². The fourth-order valence-corrected chi connectivity index (χ4v) is 4.30. The highest BCUT2D eigenvalue weighted by Crippen LogP contribution is 2.43. The van der Waals surface area contributed by atoms with Crippen LogP contribution >= 0.6 is 20.1 Å². The Morgan fingerprint density at radius 1 is 0.700 bits per heavy atom. The van der Waals surface area contributed by atoms with Crippen LogP contribution in [0.25, 0.3) is 0 Å².